The van der Waals surface area contributed by atoms with Crippen molar-refractivity contribution >= 4 is 51.7 Å². The number of carbonyl (C=O) groups is 2. The number of ether oxygens (including phenoxy) is 1. The fourth-order valence-electron chi connectivity index (χ4n) is 4.67. The normalized spacial score (nSPS) is 18.7. The van der Waals surface area contributed by atoms with Crippen molar-refractivity contribution in [2.75, 3.05) is 31.1 Å². The topological polar surface area (TPSA) is 67.7 Å². The molecule has 0 N–H and O–H groups in total. The van der Waals surface area contributed by atoms with Crippen LogP contribution in [0.1, 0.15) is 19.8 Å². The molecule has 184 valence electrons. The second-order valence-electron chi connectivity index (χ2n) is 8.69. The number of anilines is 1. The molecule has 35 heavy (non-hydrogen) atoms. The SMILES string of the molecule is CC(=O)N1CCOC(Cn2c(-c3c(F)cc(N4CCCC4=O)cc3Cl)nc3cc(Cl)c(F)cc32)C1. The van der Waals surface area contributed by atoms with E-state index < -0.39 is 17.7 Å². The molecule has 0 saturated carbocycles. The summed E-state index contributed by atoms with van der Waals surface area (Å²) in [5, 5.41) is -0.0439. The van der Waals surface area contributed by atoms with Crippen LogP contribution in [0.25, 0.3) is 22.4 Å². The maximum absolute atomic E-state index is 15.5. The molecule has 11 heteroatoms. The molecule has 7 nitrogen and oxygen atoms in total. The summed E-state index contributed by atoms with van der Waals surface area (Å²) in [5.41, 5.74) is 1.15. The van der Waals surface area contributed by atoms with Crippen LogP contribution in [0, 0.1) is 11.6 Å². The van der Waals surface area contributed by atoms with Gasteiger partial charge in [-0.25, -0.2) is 13.8 Å². The molecule has 0 bridgehead atoms. The molecule has 2 amide bonds. The van der Waals surface area contributed by atoms with E-state index in [9.17, 15) is 14.0 Å². The minimum Gasteiger partial charge on any atom is -0.373 e. The lowest BCUT2D eigenvalue weighted by molar-refractivity contribution is -0.136. The van der Waals surface area contributed by atoms with Crippen LogP contribution in [-0.4, -0.2) is 58.6 Å². The van der Waals surface area contributed by atoms with Crippen LogP contribution in [-0.2, 0) is 20.9 Å². The zero-order valence-electron chi connectivity index (χ0n) is 18.9. The summed E-state index contributed by atoms with van der Waals surface area (Å²) in [6.45, 7) is 3.32. The molecular formula is C24H22Cl2F2N4O3. The van der Waals surface area contributed by atoms with Crippen LogP contribution in [0.5, 0.6) is 0 Å². The smallest absolute Gasteiger partial charge is 0.227 e. The number of morpholine rings is 1. The summed E-state index contributed by atoms with van der Waals surface area (Å²) in [5.74, 6) is -1.29. The van der Waals surface area contributed by atoms with Crippen molar-refractivity contribution < 1.29 is 23.1 Å². The van der Waals surface area contributed by atoms with E-state index in [0.717, 1.165) is 0 Å². The summed E-state index contributed by atoms with van der Waals surface area (Å²) in [4.78, 5) is 31.7. The fourth-order valence-corrected chi connectivity index (χ4v) is 5.11. The van der Waals surface area contributed by atoms with Crippen molar-refractivity contribution in [3.63, 3.8) is 0 Å². The molecule has 2 saturated heterocycles. The van der Waals surface area contributed by atoms with Gasteiger partial charge in [-0.3, -0.25) is 9.59 Å². The van der Waals surface area contributed by atoms with Gasteiger partial charge in [-0.2, -0.15) is 0 Å². The molecule has 0 aliphatic carbocycles. The highest BCUT2D eigenvalue weighted by molar-refractivity contribution is 6.33. The van der Waals surface area contributed by atoms with E-state index in [0.29, 0.717) is 55.8 Å². The van der Waals surface area contributed by atoms with Crippen molar-refractivity contribution in [1.82, 2.24) is 14.5 Å². The van der Waals surface area contributed by atoms with Gasteiger partial charge < -0.3 is 19.1 Å². The minimum atomic E-state index is -0.662. The van der Waals surface area contributed by atoms with Crippen LogP contribution < -0.4 is 4.90 Å². The Balaban J connectivity index is 1.61. The van der Waals surface area contributed by atoms with Crippen molar-refractivity contribution in [2.24, 2.45) is 0 Å². The Hall–Kier alpha value is -2.75. The quantitative estimate of drug-likeness (QED) is 0.499. The van der Waals surface area contributed by atoms with E-state index in [1.165, 1.54) is 36.1 Å². The first-order valence-corrected chi connectivity index (χ1v) is 12.0. The Labute approximate surface area is 210 Å². The van der Waals surface area contributed by atoms with Gasteiger partial charge in [0.2, 0.25) is 11.8 Å². The molecular weight excluding hydrogens is 501 g/mol. The summed E-state index contributed by atoms with van der Waals surface area (Å²) in [7, 11) is 0. The van der Waals surface area contributed by atoms with E-state index in [1.807, 2.05) is 0 Å². The molecule has 1 unspecified atom stereocenters. The number of halogens is 4. The van der Waals surface area contributed by atoms with E-state index in [2.05, 4.69) is 4.98 Å². The third kappa shape index (κ3) is 4.48. The van der Waals surface area contributed by atoms with Gasteiger partial charge in [0.05, 0.1) is 45.9 Å². The number of hydrogen-bond donors (Lipinski definition) is 0. The molecule has 5 rings (SSSR count). The molecule has 2 aromatic carbocycles. The van der Waals surface area contributed by atoms with Crippen molar-refractivity contribution in [3.8, 4) is 11.4 Å². The predicted molar refractivity (Wildman–Crippen MR) is 129 cm³/mol. The van der Waals surface area contributed by atoms with Crippen LogP contribution in [0.2, 0.25) is 10.0 Å². The van der Waals surface area contributed by atoms with E-state index in [1.54, 1.807) is 9.47 Å². The Bertz CT molecular complexity index is 1320. The Morgan fingerprint density at radius 1 is 1.14 bits per heavy atom. The number of fused-ring (bicyclic) bond motifs is 1. The van der Waals surface area contributed by atoms with Gasteiger partial charge in [0.1, 0.15) is 17.5 Å². The number of nitrogens with zero attached hydrogens (tertiary/aromatic N) is 4. The van der Waals surface area contributed by atoms with Crippen LogP contribution in [0.4, 0.5) is 14.5 Å². The Kier molecular flexibility index (Phi) is 6.41. The Morgan fingerprint density at radius 3 is 2.63 bits per heavy atom. The maximum atomic E-state index is 15.5. The average molecular weight is 523 g/mol. The number of amides is 2. The van der Waals surface area contributed by atoms with Gasteiger partial charge in [-0.1, -0.05) is 23.2 Å². The summed E-state index contributed by atoms with van der Waals surface area (Å²) < 4.78 is 37.4. The van der Waals surface area contributed by atoms with Gasteiger partial charge in [-0.05, 0) is 24.6 Å². The van der Waals surface area contributed by atoms with Crippen molar-refractivity contribution in [2.45, 2.75) is 32.4 Å². The third-order valence-electron chi connectivity index (χ3n) is 6.40. The first kappa shape index (κ1) is 24.0. The highest BCUT2D eigenvalue weighted by atomic mass is 35.5. The molecule has 3 aromatic rings. The van der Waals surface area contributed by atoms with Crippen LogP contribution >= 0.6 is 23.2 Å². The predicted octanol–water partition coefficient (Wildman–Crippen LogP) is 4.66. The van der Waals surface area contributed by atoms with E-state index in [-0.39, 0.29) is 39.8 Å². The number of hydrogen-bond acceptors (Lipinski definition) is 4. The van der Waals surface area contributed by atoms with E-state index >= 15 is 4.39 Å². The zero-order valence-corrected chi connectivity index (χ0v) is 20.4. The first-order valence-electron chi connectivity index (χ1n) is 11.2. The third-order valence-corrected chi connectivity index (χ3v) is 6.98. The second-order valence-corrected chi connectivity index (χ2v) is 9.51. The van der Waals surface area contributed by atoms with Crippen molar-refractivity contribution in [1.29, 1.82) is 0 Å². The molecule has 1 aromatic heterocycles. The average Bonchev–Trinajstić information content (AvgIpc) is 3.38. The number of benzene rings is 2. The maximum Gasteiger partial charge on any atom is 0.227 e. The number of carbonyl (C=O) groups excluding carboxylic acids is 2. The molecule has 0 spiro atoms. The first-order chi connectivity index (χ1) is 16.7. The monoisotopic (exact) mass is 522 g/mol. The highest BCUT2D eigenvalue weighted by Crippen LogP contribution is 2.37. The molecule has 0 radical (unpaired) electrons. The lowest BCUT2D eigenvalue weighted by Gasteiger charge is -2.32. The summed E-state index contributed by atoms with van der Waals surface area (Å²) in [6.07, 6.45) is 0.674. The second kappa shape index (κ2) is 9.37. The molecule has 2 fully saturated rings. The largest absolute Gasteiger partial charge is 0.373 e. The highest BCUT2D eigenvalue weighted by Gasteiger charge is 2.28. The standard InChI is InChI=1S/C24H22Cl2F2N4O3/c1-13(33)30-5-6-35-15(11-30)12-32-21-10-18(27)16(25)9-20(21)29-24(32)23-17(26)7-14(8-19(23)28)31-4-2-3-22(31)34/h7-10,15H,2-6,11-12H2,1H3. The van der Waals surface area contributed by atoms with Gasteiger partial charge in [0.15, 0.2) is 0 Å². The fraction of sp³-hybridized carbons (Fsp3) is 0.375. The molecule has 2 aliphatic rings. The minimum absolute atomic E-state index is 0.0222. The summed E-state index contributed by atoms with van der Waals surface area (Å²) in [6, 6.07) is 5.41. The van der Waals surface area contributed by atoms with Gasteiger partial charge >= 0.3 is 0 Å². The Morgan fingerprint density at radius 2 is 1.94 bits per heavy atom. The molecule has 2 aliphatic heterocycles. The number of imidazole rings is 1. The number of aromatic nitrogens is 2. The van der Waals surface area contributed by atoms with E-state index in [4.69, 9.17) is 27.9 Å². The lowest BCUT2D eigenvalue weighted by Crippen LogP contribution is -2.46. The van der Waals surface area contributed by atoms with Crippen LogP contribution in [0.15, 0.2) is 24.3 Å². The number of rotatable bonds is 4. The van der Waals surface area contributed by atoms with Crippen LogP contribution in [0.3, 0.4) is 0 Å². The lowest BCUT2D eigenvalue weighted by atomic mass is 10.1. The molecule has 1 atom stereocenters. The summed E-state index contributed by atoms with van der Waals surface area (Å²) >= 11 is 12.5. The van der Waals surface area contributed by atoms with Gasteiger partial charge in [0, 0.05) is 44.7 Å². The van der Waals surface area contributed by atoms with Gasteiger partial charge in [-0.15, -0.1) is 0 Å². The zero-order chi connectivity index (χ0) is 24.9. The molecule has 3 heterocycles. The van der Waals surface area contributed by atoms with Gasteiger partial charge in [0.25, 0.3) is 0 Å². The van der Waals surface area contributed by atoms with Crippen molar-refractivity contribution in [3.05, 3.63) is 45.9 Å².